The van der Waals surface area contributed by atoms with Crippen LogP contribution in [0.2, 0.25) is 0 Å². The Balaban J connectivity index is 2.02. The number of hydrogen-bond acceptors (Lipinski definition) is 0. The largest absolute Gasteiger partial charge is 0.206 e. The van der Waals surface area contributed by atoms with Crippen LogP contribution in [0, 0.1) is 11.7 Å². The molecule has 1 unspecified atom stereocenters. The minimum absolute atomic E-state index is 0.0139. The van der Waals surface area contributed by atoms with Crippen molar-refractivity contribution in [3.05, 3.63) is 34.1 Å². The van der Waals surface area contributed by atoms with Crippen molar-refractivity contribution >= 4 is 27.5 Å². The summed E-state index contributed by atoms with van der Waals surface area (Å²) < 4.78 is 13.6. The van der Waals surface area contributed by atoms with Crippen molar-refractivity contribution in [2.75, 3.05) is 0 Å². The minimum atomic E-state index is -0.228. The molecule has 1 saturated carbocycles. The van der Waals surface area contributed by atoms with Crippen LogP contribution in [0.25, 0.3) is 0 Å². The highest BCUT2D eigenvalue weighted by molar-refractivity contribution is 9.10. The highest BCUT2D eigenvalue weighted by atomic mass is 79.9. The van der Waals surface area contributed by atoms with Crippen LogP contribution < -0.4 is 0 Å². The normalized spacial score (nSPS) is 18.9. The number of rotatable bonds is 3. The molecule has 16 heavy (non-hydrogen) atoms. The molecule has 0 aromatic heterocycles. The summed E-state index contributed by atoms with van der Waals surface area (Å²) in [6, 6.07) is 5.05. The molecule has 1 aliphatic carbocycles. The molecule has 0 spiro atoms. The van der Waals surface area contributed by atoms with Crippen LogP contribution in [0.4, 0.5) is 4.39 Å². The summed E-state index contributed by atoms with van der Waals surface area (Å²) in [5.74, 6) is 0.528. The Kier molecular flexibility index (Phi) is 4.26. The van der Waals surface area contributed by atoms with E-state index in [1.807, 2.05) is 0 Å². The van der Waals surface area contributed by atoms with Gasteiger partial charge in [-0.05, 0) is 46.0 Å². The summed E-state index contributed by atoms with van der Waals surface area (Å²) in [6.07, 6.45) is 6.28. The second-order valence-corrected chi connectivity index (χ2v) is 5.91. The lowest BCUT2D eigenvalue weighted by Crippen LogP contribution is -2.00. The van der Waals surface area contributed by atoms with E-state index in [1.54, 1.807) is 12.1 Å². The van der Waals surface area contributed by atoms with E-state index < -0.39 is 0 Å². The molecule has 1 fully saturated rings. The molecule has 0 nitrogen and oxygen atoms in total. The van der Waals surface area contributed by atoms with Crippen molar-refractivity contribution in [3.63, 3.8) is 0 Å². The predicted molar refractivity (Wildman–Crippen MR) is 69.3 cm³/mol. The molecule has 0 aliphatic heterocycles. The van der Waals surface area contributed by atoms with Crippen LogP contribution in [0.3, 0.4) is 0 Å². The SMILES string of the molecule is Fc1ccc(C(Cl)CC2CCCC2)cc1Br. The van der Waals surface area contributed by atoms with Crippen LogP contribution in [-0.2, 0) is 0 Å². The quantitative estimate of drug-likeness (QED) is 0.652. The Bertz CT molecular complexity index is 361. The van der Waals surface area contributed by atoms with E-state index in [0.717, 1.165) is 17.9 Å². The third-order valence-electron chi connectivity index (χ3n) is 3.32. The molecule has 0 amide bonds. The molecule has 0 radical (unpaired) electrons. The van der Waals surface area contributed by atoms with Gasteiger partial charge in [-0.1, -0.05) is 31.7 Å². The van der Waals surface area contributed by atoms with Crippen LogP contribution in [0.5, 0.6) is 0 Å². The average molecular weight is 306 g/mol. The molecule has 0 heterocycles. The lowest BCUT2D eigenvalue weighted by Gasteiger charge is -2.15. The fraction of sp³-hybridized carbons (Fsp3) is 0.538. The van der Waals surface area contributed by atoms with Gasteiger partial charge in [-0.2, -0.15) is 0 Å². The van der Waals surface area contributed by atoms with Crippen LogP contribution in [0.1, 0.15) is 43.0 Å². The summed E-state index contributed by atoms with van der Waals surface area (Å²) in [5, 5.41) is 0.0139. The third kappa shape index (κ3) is 2.98. The number of halogens is 3. The molecule has 1 aromatic carbocycles. The highest BCUT2D eigenvalue weighted by Crippen LogP contribution is 2.36. The van der Waals surface area contributed by atoms with Crippen LogP contribution in [-0.4, -0.2) is 0 Å². The van der Waals surface area contributed by atoms with Crippen molar-refractivity contribution in [2.45, 2.75) is 37.5 Å². The van der Waals surface area contributed by atoms with E-state index in [4.69, 9.17) is 11.6 Å². The Morgan fingerprint density at radius 1 is 1.38 bits per heavy atom. The molecular formula is C13H15BrClF. The van der Waals surface area contributed by atoms with Gasteiger partial charge >= 0.3 is 0 Å². The van der Waals surface area contributed by atoms with Crippen molar-refractivity contribution in [2.24, 2.45) is 5.92 Å². The molecular weight excluding hydrogens is 290 g/mol. The fourth-order valence-electron chi connectivity index (χ4n) is 2.38. The van der Waals surface area contributed by atoms with Crippen LogP contribution in [0.15, 0.2) is 22.7 Å². The summed E-state index contributed by atoms with van der Waals surface area (Å²) >= 11 is 9.56. The number of alkyl halides is 1. The molecule has 1 aromatic rings. The van der Waals surface area contributed by atoms with E-state index in [0.29, 0.717) is 4.47 Å². The van der Waals surface area contributed by atoms with Crippen molar-refractivity contribution in [3.8, 4) is 0 Å². The molecule has 0 saturated heterocycles. The summed E-state index contributed by atoms with van der Waals surface area (Å²) in [7, 11) is 0. The molecule has 88 valence electrons. The standard InChI is InChI=1S/C13H15BrClF/c14-11-8-10(5-6-13(11)16)12(15)7-9-3-1-2-4-9/h5-6,8-9,12H,1-4,7H2. The van der Waals surface area contributed by atoms with Gasteiger partial charge in [0.2, 0.25) is 0 Å². The molecule has 3 heteroatoms. The van der Waals surface area contributed by atoms with Gasteiger partial charge in [0.15, 0.2) is 0 Å². The van der Waals surface area contributed by atoms with Gasteiger partial charge in [-0.3, -0.25) is 0 Å². The van der Waals surface area contributed by atoms with Gasteiger partial charge < -0.3 is 0 Å². The molecule has 0 N–H and O–H groups in total. The lowest BCUT2D eigenvalue weighted by molar-refractivity contribution is 0.495. The maximum absolute atomic E-state index is 13.1. The first-order valence-electron chi connectivity index (χ1n) is 5.76. The van der Waals surface area contributed by atoms with E-state index in [1.165, 1.54) is 31.7 Å². The zero-order valence-electron chi connectivity index (χ0n) is 9.06. The van der Waals surface area contributed by atoms with Gasteiger partial charge in [0, 0.05) is 0 Å². The van der Waals surface area contributed by atoms with E-state index in [-0.39, 0.29) is 11.2 Å². The monoisotopic (exact) mass is 304 g/mol. The van der Waals surface area contributed by atoms with Gasteiger partial charge in [-0.25, -0.2) is 4.39 Å². The van der Waals surface area contributed by atoms with Gasteiger partial charge in [0.05, 0.1) is 9.85 Å². The smallest absolute Gasteiger partial charge is 0.137 e. The Morgan fingerprint density at radius 2 is 2.06 bits per heavy atom. The van der Waals surface area contributed by atoms with E-state index >= 15 is 0 Å². The van der Waals surface area contributed by atoms with Gasteiger partial charge in [-0.15, -0.1) is 11.6 Å². The Morgan fingerprint density at radius 3 is 2.69 bits per heavy atom. The zero-order valence-corrected chi connectivity index (χ0v) is 11.4. The fourth-order valence-corrected chi connectivity index (χ4v) is 3.17. The first-order chi connectivity index (χ1) is 7.66. The Labute approximate surface area is 109 Å². The Hall–Kier alpha value is -0.0800. The van der Waals surface area contributed by atoms with E-state index in [9.17, 15) is 4.39 Å². The maximum Gasteiger partial charge on any atom is 0.137 e. The van der Waals surface area contributed by atoms with Crippen molar-refractivity contribution < 1.29 is 4.39 Å². The second kappa shape index (κ2) is 5.50. The van der Waals surface area contributed by atoms with Gasteiger partial charge in [0.25, 0.3) is 0 Å². The second-order valence-electron chi connectivity index (χ2n) is 4.53. The molecule has 1 atom stereocenters. The topological polar surface area (TPSA) is 0 Å². The number of hydrogen-bond donors (Lipinski definition) is 0. The number of benzene rings is 1. The van der Waals surface area contributed by atoms with Gasteiger partial charge in [0.1, 0.15) is 5.82 Å². The predicted octanol–water partition coefficient (Wildman–Crippen LogP) is 5.45. The van der Waals surface area contributed by atoms with E-state index in [2.05, 4.69) is 15.9 Å². The molecule has 0 bridgehead atoms. The summed E-state index contributed by atoms with van der Waals surface area (Å²) in [4.78, 5) is 0. The highest BCUT2D eigenvalue weighted by Gasteiger charge is 2.20. The molecule has 1 aliphatic rings. The van der Waals surface area contributed by atoms with Crippen molar-refractivity contribution in [1.29, 1.82) is 0 Å². The first kappa shape index (κ1) is 12.4. The summed E-state index contributed by atoms with van der Waals surface area (Å²) in [5.41, 5.74) is 1.02. The minimum Gasteiger partial charge on any atom is -0.206 e. The molecule has 2 rings (SSSR count). The zero-order chi connectivity index (χ0) is 11.5. The average Bonchev–Trinajstić information content (AvgIpc) is 2.74. The first-order valence-corrected chi connectivity index (χ1v) is 6.99. The lowest BCUT2D eigenvalue weighted by atomic mass is 9.98. The maximum atomic E-state index is 13.1. The summed E-state index contributed by atoms with van der Waals surface area (Å²) in [6.45, 7) is 0. The van der Waals surface area contributed by atoms with Crippen LogP contribution >= 0.6 is 27.5 Å². The third-order valence-corrected chi connectivity index (χ3v) is 4.36. The van der Waals surface area contributed by atoms with Crippen molar-refractivity contribution in [1.82, 2.24) is 0 Å².